The molecule has 0 bridgehead atoms. The topological polar surface area (TPSA) is 77.4 Å². The number of amides is 2. The van der Waals surface area contributed by atoms with Gasteiger partial charge in [0.25, 0.3) is 11.8 Å². The molecule has 1 aromatic carbocycles. The summed E-state index contributed by atoms with van der Waals surface area (Å²) in [5.74, 6) is -1.18. The van der Waals surface area contributed by atoms with Crippen molar-refractivity contribution >= 4 is 41.1 Å². The Balaban J connectivity index is 1.65. The Bertz CT molecular complexity index is 758. The minimum absolute atomic E-state index is 0.159. The van der Waals surface area contributed by atoms with Gasteiger partial charge in [0.2, 0.25) is 0 Å². The summed E-state index contributed by atoms with van der Waals surface area (Å²) in [6.45, 7) is -0.486. The number of halogens is 1. The number of hydrogen-bond donors (Lipinski definition) is 1. The summed E-state index contributed by atoms with van der Waals surface area (Å²) in [4.78, 5) is 36.1. The molecule has 8 heteroatoms. The predicted octanol–water partition coefficient (Wildman–Crippen LogP) is 2.66. The molecule has 1 N–H and O–H groups in total. The number of imide groups is 1. The van der Waals surface area contributed by atoms with Gasteiger partial charge in [0.1, 0.15) is 5.69 Å². The molecule has 0 aliphatic heterocycles. The number of nitrogens with zero attached hydrogens (tertiary/aromatic N) is 1. The number of benzene rings is 1. The normalized spacial score (nSPS) is 10.3. The van der Waals surface area contributed by atoms with E-state index in [0.717, 1.165) is 4.90 Å². The van der Waals surface area contributed by atoms with Crippen molar-refractivity contribution < 1.29 is 19.1 Å². The number of ether oxygens (including phenoxy) is 1. The number of rotatable bonds is 7. The number of thioether (sulfide) groups is 1. The molecule has 2 aromatic rings. The predicted molar refractivity (Wildman–Crippen MR) is 95.6 cm³/mol. The molecule has 1 aromatic heterocycles. The lowest BCUT2D eigenvalue weighted by Crippen LogP contribution is -2.35. The minimum atomic E-state index is -0.662. The second kappa shape index (κ2) is 9.29. The van der Waals surface area contributed by atoms with Gasteiger partial charge >= 0.3 is 5.97 Å². The van der Waals surface area contributed by atoms with E-state index in [1.807, 2.05) is 12.1 Å². The maximum atomic E-state index is 11.8. The average molecular weight is 381 g/mol. The number of carbonyl (C=O) groups excluding carboxylic acids is 3. The maximum Gasteiger partial charge on any atom is 0.307 e. The van der Waals surface area contributed by atoms with Gasteiger partial charge in [-0.1, -0.05) is 11.6 Å². The second-order valence-corrected chi connectivity index (χ2v) is 6.70. The van der Waals surface area contributed by atoms with Crippen molar-refractivity contribution in [1.82, 2.24) is 9.88 Å². The van der Waals surface area contributed by atoms with Gasteiger partial charge < -0.3 is 9.30 Å². The van der Waals surface area contributed by atoms with Crippen LogP contribution in [0.3, 0.4) is 0 Å². The summed E-state index contributed by atoms with van der Waals surface area (Å²) in [6.07, 6.45) is 1.85. The molecular formula is C17H17ClN2O4S. The van der Waals surface area contributed by atoms with Crippen molar-refractivity contribution in [3.8, 4) is 0 Å². The molecule has 0 atom stereocenters. The Hall–Kier alpha value is -2.25. The third-order valence-corrected chi connectivity index (χ3v) is 4.45. The van der Waals surface area contributed by atoms with Gasteiger partial charge in [-0.05, 0) is 36.4 Å². The standard InChI is InChI=1S/C17H17ClN2O4S/c1-20-9-2-3-14(20)17(23)19-15(21)11-24-16(22)8-10-25-13-6-4-12(18)5-7-13/h2-7,9H,8,10-11H2,1H3,(H,19,21,23). The summed E-state index contributed by atoms with van der Waals surface area (Å²) in [7, 11) is 1.69. The largest absolute Gasteiger partial charge is 0.456 e. The van der Waals surface area contributed by atoms with Crippen molar-refractivity contribution in [2.24, 2.45) is 7.05 Å². The second-order valence-electron chi connectivity index (χ2n) is 5.09. The van der Waals surface area contributed by atoms with Gasteiger partial charge in [-0.15, -0.1) is 11.8 Å². The highest BCUT2D eigenvalue weighted by molar-refractivity contribution is 7.99. The number of carbonyl (C=O) groups is 3. The fourth-order valence-corrected chi connectivity index (χ4v) is 2.88. The summed E-state index contributed by atoms with van der Waals surface area (Å²) in [5, 5.41) is 2.82. The van der Waals surface area contributed by atoms with Crippen molar-refractivity contribution in [2.75, 3.05) is 12.4 Å². The Morgan fingerprint density at radius 3 is 2.56 bits per heavy atom. The highest BCUT2D eigenvalue weighted by atomic mass is 35.5. The highest BCUT2D eigenvalue weighted by Crippen LogP contribution is 2.20. The van der Waals surface area contributed by atoms with E-state index in [1.165, 1.54) is 11.8 Å². The lowest BCUT2D eigenvalue weighted by molar-refractivity contribution is -0.147. The summed E-state index contributed by atoms with van der Waals surface area (Å²) in [5.41, 5.74) is 0.346. The third kappa shape index (κ3) is 6.28. The van der Waals surface area contributed by atoms with Crippen LogP contribution in [-0.4, -0.2) is 34.7 Å². The smallest absolute Gasteiger partial charge is 0.307 e. The van der Waals surface area contributed by atoms with Gasteiger partial charge in [0.05, 0.1) is 6.42 Å². The summed E-state index contributed by atoms with van der Waals surface area (Å²) in [6, 6.07) is 10.6. The van der Waals surface area contributed by atoms with Crippen molar-refractivity contribution in [3.63, 3.8) is 0 Å². The molecule has 25 heavy (non-hydrogen) atoms. The van der Waals surface area contributed by atoms with Crippen LogP contribution in [0.4, 0.5) is 0 Å². The van der Waals surface area contributed by atoms with Crippen LogP contribution in [0.2, 0.25) is 5.02 Å². The first kappa shape index (κ1) is 19.1. The Morgan fingerprint density at radius 2 is 1.92 bits per heavy atom. The number of esters is 1. The average Bonchev–Trinajstić information content (AvgIpc) is 3.01. The first-order chi connectivity index (χ1) is 12.0. The van der Waals surface area contributed by atoms with Gasteiger partial charge in [-0.25, -0.2) is 0 Å². The third-order valence-electron chi connectivity index (χ3n) is 3.18. The monoisotopic (exact) mass is 380 g/mol. The SMILES string of the molecule is Cn1cccc1C(=O)NC(=O)COC(=O)CCSc1ccc(Cl)cc1. The molecule has 0 fully saturated rings. The molecule has 6 nitrogen and oxygen atoms in total. The lowest BCUT2D eigenvalue weighted by Gasteiger charge is -2.06. The highest BCUT2D eigenvalue weighted by Gasteiger charge is 2.14. The van der Waals surface area contributed by atoms with Crippen LogP contribution in [0.1, 0.15) is 16.9 Å². The van der Waals surface area contributed by atoms with E-state index in [0.29, 0.717) is 16.5 Å². The molecule has 0 saturated carbocycles. The van der Waals surface area contributed by atoms with Crippen LogP contribution in [0, 0.1) is 0 Å². The number of aromatic nitrogens is 1. The Morgan fingerprint density at radius 1 is 1.20 bits per heavy atom. The first-order valence-corrected chi connectivity index (χ1v) is 8.81. The van der Waals surface area contributed by atoms with Crippen LogP contribution < -0.4 is 5.32 Å². The molecule has 1 heterocycles. The first-order valence-electron chi connectivity index (χ1n) is 7.45. The van der Waals surface area contributed by atoms with E-state index in [4.69, 9.17) is 16.3 Å². The van der Waals surface area contributed by atoms with E-state index < -0.39 is 24.4 Å². The quantitative estimate of drug-likeness (QED) is 0.590. The van der Waals surface area contributed by atoms with E-state index in [9.17, 15) is 14.4 Å². The Kier molecular flexibility index (Phi) is 7.09. The van der Waals surface area contributed by atoms with Crippen LogP contribution >= 0.6 is 23.4 Å². The van der Waals surface area contributed by atoms with Crippen LogP contribution in [0.5, 0.6) is 0 Å². The van der Waals surface area contributed by atoms with Gasteiger partial charge in [0, 0.05) is 28.9 Å². The van der Waals surface area contributed by atoms with E-state index >= 15 is 0 Å². The zero-order chi connectivity index (χ0) is 18.2. The van der Waals surface area contributed by atoms with Gasteiger partial charge in [-0.3, -0.25) is 19.7 Å². The molecule has 0 aliphatic carbocycles. The Labute approximate surface area is 154 Å². The molecule has 0 aliphatic rings. The zero-order valence-electron chi connectivity index (χ0n) is 13.5. The lowest BCUT2D eigenvalue weighted by atomic mass is 10.4. The van der Waals surface area contributed by atoms with Crippen LogP contribution in [0.15, 0.2) is 47.5 Å². The molecule has 0 spiro atoms. The van der Waals surface area contributed by atoms with Crippen molar-refractivity contribution in [3.05, 3.63) is 53.3 Å². The summed E-state index contributed by atoms with van der Waals surface area (Å²) < 4.78 is 6.45. The minimum Gasteiger partial charge on any atom is -0.456 e. The number of aryl methyl sites for hydroxylation is 1. The fourth-order valence-electron chi connectivity index (χ4n) is 1.93. The summed E-state index contributed by atoms with van der Waals surface area (Å²) >= 11 is 7.28. The molecule has 2 rings (SSSR count). The number of nitrogens with one attached hydrogen (secondary N) is 1. The molecule has 0 saturated heterocycles. The zero-order valence-corrected chi connectivity index (χ0v) is 15.1. The molecule has 0 radical (unpaired) electrons. The van der Waals surface area contributed by atoms with E-state index in [1.54, 1.807) is 42.1 Å². The maximum absolute atomic E-state index is 11.8. The van der Waals surface area contributed by atoms with Gasteiger partial charge in [0.15, 0.2) is 6.61 Å². The van der Waals surface area contributed by atoms with Crippen molar-refractivity contribution in [1.29, 1.82) is 0 Å². The molecular weight excluding hydrogens is 364 g/mol. The van der Waals surface area contributed by atoms with Crippen LogP contribution in [-0.2, 0) is 21.4 Å². The van der Waals surface area contributed by atoms with Crippen LogP contribution in [0.25, 0.3) is 0 Å². The van der Waals surface area contributed by atoms with E-state index in [-0.39, 0.29) is 6.42 Å². The van der Waals surface area contributed by atoms with E-state index in [2.05, 4.69) is 5.32 Å². The molecule has 2 amide bonds. The molecule has 132 valence electrons. The van der Waals surface area contributed by atoms with Gasteiger partial charge in [-0.2, -0.15) is 0 Å². The number of hydrogen-bond acceptors (Lipinski definition) is 5. The molecule has 0 unspecified atom stereocenters. The van der Waals surface area contributed by atoms with Crippen molar-refractivity contribution in [2.45, 2.75) is 11.3 Å². The fraction of sp³-hybridized carbons (Fsp3) is 0.235.